The number of benzene rings is 2. The standard InChI is InChI=1S/C26H33N5O3/c1-32-23-11-10-21(20-24(23)34-18-7-17-31-15-5-6-16-31)29-26-28-13-12-25(30-26)27-14-19-33-22-8-3-2-4-9-22/h2-4,8-13,20H,5-7,14-19H2,1H3,(H2,27,28,29,30). The van der Waals surface area contributed by atoms with Crippen molar-refractivity contribution in [3.8, 4) is 17.2 Å². The molecule has 34 heavy (non-hydrogen) atoms. The summed E-state index contributed by atoms with van der Waals surface area (Å²) in [5, 5.41) is 6.51. The summed E-state index contributed by atoms with van der Waals surface area (Å²) in [6, 6.07) is 17.3. The van der Waals surface area contributed by atoms with Gasteiger partial charge in [-0.1, -0.05) is 18.2 Å². The molecule has 4 rings (SSSR count). The fraction of sp³-hybridized carbons (Fsp3) is 0.385. The highest BCUT2D eigenvalue weighted by atomic mass is 16.5. The largest absolute Gasteiger partial charge is 0.493 e. The highest BCUT2D eigenvalue weighted by Crippen LogP contribution is 2.31. The van der Waals surface area contributed by atoms with E-state index in [9.17, 15) is 0 Å². The molecule has 1 fully saturated rings. The van der Waals surface area contributed by atoms with Gasteiger partial charge in [-0.3, -0.25) is 0 Å². The molecule has 0 radical (unpaired) electrons. The molecule has 1 saturated heterocycles. The lowest BCUT2D eigenvalue weighted by molar-refractivity contribution is 0.254. The van der Waals surface area contributed by atoms with Crippen LogP contribution in [-0.4, -0.2) is 61.4 Å². The maximum atomic E-state index is 6.03. The number of rotatable bonds is 13. The summed E-state index contributed by atoms with van der Waals surface area (Å²) in [6.07, 6.45) is 5.33. The minimum absolute atomic E-state index is 0.499. The normalized spacial score (nSPS) is 13.4. The molecule has 2 N–H and O–H groups in total. The Hall–Kier alpha value is -3.52. The van der Waals surface area contributed by atoms with Crippen LogP contribution in [0.25, 0.3) is 0 Å². The molecular formula is C26H33N5O3. The van der Waals surface area contributed by atoms with Gasteiger partial charge in [0.2, 0.25) is 5.95 Å². The van der Waals surface area contributed by atoms with Crippen LogP contribution in [0.2, 0.25) is 0 Å². The van der Waals surface area contributed by atoms with Crippen LogP contribution in [0.3, 0.4) is 0 Å². The van der Waals surface area contributed by atoms with E-state index in [1.165, 1.54) is 25.9 Å². The zero-order chi connectivity index (χ0) is 23.4. The van der Waals surface area contributed by atoms with E-state index in [0.717, 1.165) is 30.2 Å². The lowest BCUT2D eigenvalue weighted by Crippen LogP contribution is -2.21. The lowest BCUT2D eigenvalue weighted by Gasteiger charge is -2.16. The topological polar surface area (TPSA) is 80.8 Å². The number of likely N-dealkylation sites (tertiary alicyclic amines) is 1. The van der Waals surface area contributed by atoms with Gasteiger partial charge in [-0.2, -0.15) is 4.98 Å². The van der Waals surface area contributed by atoms with Crippen molar-refractivity contribution in [2.45, 2.75) is 19.3 Å². The van der Waals surface area contributed by atoms with Gasteiger partial charge in [0.15, 0.2) is 11.5 Å². The predicted molar refractivity (Wildman–Crippen MR) is 135 cm³/mol. The summed E-state index contributed by atoms with van der Waals surface area (Å²) < 4.78 is 17.2. The Labute approximate surface area is 201 Å². The van der Waals surface area contributed by atoms with Gasteiger partial charge < -0.3 is 29.7 Å². The highest BCUT2D eigenvalue weighted by molar-refractivity contribution is 5.60. The van der Waals surface area contributed by atoms with Crippen LogP contribution < -0.4 is 24.8 Å². The fourth-order valence-corrected chi connectivity index (χ4v) is 3.85. The van der Waals surface area contributed by atoms with E-state index in [2.05, 4.69) is 25.5 Å². The number of nitrogens with zero attached hydrogens (tertiary/aromatic N) is 3. The molecular weight excluding hydrogens is 430 g/mol. The van der Waals surface area contributed by atoms with Crippen molar-refractivity contribution >= 4 is 17.5 Å². The molecule has 0 unspecified atom stereocenters. The maximum absolute atomic E-state index is 6.03. The van der Waals surface area contributed by atoms with Crippen LogP contribution >= 0.6 is 0 Å². The van der Waals surface area contributed by atoms with E-state index in [-0.39, 0.29) is 0 Å². The minimum Gasteiger partial charge on any atom is -0.493 e. The van der Waals surface area contributed by atoms with E-state index < -0.39 is 0 Å². The van der Waals surface area contributed by atoms with Gasteiger partial charge in [0, 0.05) is 24.5 Å². The first-order chi connectivity index (χ1) is 16.8. The van der Waals surface area contributed by atoms with Crippen LogP contribution in [0.15, 0.2) is 60.8 Å². The lowest BCUT2D eigenvalue weighted by atomic mass is 10.2. The van der Waals surface area contributed by atoms with Crippen molar-refractivity contribution in [3.05, 3.63) is 60.8 Å². The molecule has 1 aliphatic rings. The van der Waals surface area contributed by atoms with Crippen LogP contribution in [0.1, 0.15) is 19.3 Å². The van der Waals surface area contributed by atoms with Gasteiger partial charge in [0.05, 0.1) is 20.3 Å². The van der Waals surface area contributed by atoms with E-state index in [4.69, 9.17) is 14.2 Å². The molecule has 8 heteroatoms. The van der Waals surface area contributed by atoms with Crippen LogP contribution in [0.4, 0.5) is 17.5 Å². The van der Waals surface area contributed by atoms with Gasteiger partial charge in [-0.15, -0.1) is 0 Å². The molecule has 1 aliphatic heterocycles. The Morgan fingerprint density at radius 3 is 2.62 bits per heavy atom. The Kier molecular flexibility index (Phi) is 8.79. The van der Waals surface area contributed by atoms with Gasteiger partial charge in [0.25, 0.3) is 0 Å². The summed E-state index contributed by atoms with van der Waals surface area (Å²) >= 11 is 0. The van der Waals surface area contributed by atoms with Crippen LogP contribution in [0, 0.1) is 0 Å². The van der Waals surface area contributed by atoms with Crippen LogP contribution in [-0.2, 0) is 0 Å². The van der Waals surface area contributed by atoms with Crippen molar-refractivity contribution < 1.29 is 14.2 Å². The minimum atomic E-state index is 0.499. The summed E-state index contributed by atoms with van der Waals surface area (Å²) in [7, 11) is 1.65. The first-order valence-electron chi connectivity index (χ1n) is 11.8. The Bertz CT molecular complexity index is 1010. The number of methoxy groups -OCH3 is 1. The van der Waals surface area contributed by atoms with Crippen molar-refractivity contribution in [1.29, 1.82) is 0 Å². The third-order valence-corrected chi connectivity index (χ3v) is 5.57. The number of nitrogens with one attached hydrogen (secondary N) is 2. The monoisotopic (exact) mass is 463 g/mol. The van der Waals surface area contributed by atoms with Crippen molar-refractivity contribution in [1.82, 2.24) is 14.9 Å². The van der Waals surface area contributed by atoms with Crippen molar-refractivity contribution in [2.24, 2.45) is 0 Å². The Balaban J connectivity index is 1.27. The first kappa shape index (κ1) is 23.6. The number of ether oxygens (including phenoxy) is 3. The molecule has 2 aromatic carbocycles. The van der Waals surface area contributed by atoms with Gasteiger partial charge in [-0.25, -0.2) is 4.98 Å². The molecule has 0 amide bonds. The summed E-state index contributed by atoms with van der Waals surface area (Å²) in [5.74, 6) is 3.49. The molecule has 0 bridgehead atoms. The molecule has 0 aliphatic carbocycles. The van der Waals surface area contributed by atoms with Crippen molar-refractivity contribution in [3.63, 3.8) is 0 Å². The molecule has 180 valence electrons. The van der Waals surface area contributed by atoms with E-state index >= 15 is 0 Å². The summed E-state index contributed by atoms with van der Waals surface area (Å²) in [4.78, 5) is 11.4. The smallest absolute Gasteiger partial charge is 0.229 e. The molecule has 8 nitrogen and oxygen atoms in total. The van der Waals surface area contributed by atoms with E-state index in [1.54, 1.807) is 13.3 Å². The second-order valence-corrected chi connectivity index (χ2v) is 8.10. The zero-order valence-electron chi connectivity index (χ0n) is 19.7. The molecule has 0 spiro atoms. The van der Waals surface area contributed by atoms with Gasteiger partial charge in [-0.05, 0) is 62.7 Å². The quantitative estimate of drug-likeness (QED) is 0.357. The summed E-state index contributed by atoms with van der Waals surface area (Å²) in [5.41, 5.74) is 0.833. The Morgan fingerprint density at radius 2 is 1.79 bits per heavy atom. The average molecular weight is 464 g/mol. The van der Waals surface area contributed by atoms with Gasteiger partial charge >= 0.3 is 0 Å². The highest BCUT2D eigenvalue weighted by Gasteiger charge is 2.11. The second-order valence-electron chi connectivity index (χ2n) is 8.10. The average Bonchev–Trinajstić information content (AvgIpc) is 3.39. The summed E-state index contributed by atoms with van der Waals surface area (Å²) in [6.45, 7) is 5.30. The molecule has 2 heterocycles. The van der Waals surface area contributed by atoms with E-state index in [1.807, 2.05) is 54.6 Å². The van der Waals surface area contributed by atoms with Crippen LogP contribution in [0.5, 0.6) is 17.2 Å². The first-order valence-corrected chi connectivity index (χ1v) is 11.8. The molecule has 0 atom stereocenters. The number of hydrogen-bond donors (Lipinski definition) is 2. The zero-order valence-corrected chi connectivity index (χ0v) is 19.7. The number of para-hydroxylation sites is 1. The fourth-order valence-electron chi connectivity index (χ4n) is 3.85. The number of aromatic nitrogens is 2. The molecule has 1 aromatic heterocycles. The third kappa shape index (κ3) is 7.25. The second kappa shape index (κ2) is 12.6. The third-order valence-electron chi connectivity index (χ3n) is 5.57. The SMILES string of the molecule is COc1ccc(Nc2nccc(NCCOc3ccccc3)n2)cc1OCCCN1CCCC1. The Morgan fingerprint density at radius 1 is 0.941 bits per heavy atom. The molecule has 0 saturated carbocycles. The number of anilines is 3. The predicted octanol–water partition coefficient (Wildman–Crippen LogP) is 4.58. The van der Waals surface area contributed by atoms with Gasteiger partial charge in [0.1, 0.15) is 18.2 Å². The number of hydrogen-bond acceptors (Lipinski definition) is 8. The van der Waals surface area contributed by atoms with E-state index in [0.29, 0.717) is 37.2 Å². The van der Waals surface area contributed by atoms with Crippen molar-refractivity contribution in [2.75, 3.05) is 57.1 Å². The molecule has 3 aromatic rings. The maximum Gasteiger partial charge on any atom is 0.229 e.